The van der Waals surface area contributed by atoms with Gasteiger partial charge in [-0.05, 0) is 29.8 Å². The average molecular weight is 477 g/mol. The van der Waals surface area contributed by atoms with E-state index in [1.807, 2.05) is 42.3 Å². The van der Waals surface area contributed by atoms with Crippen molar-refractivity contribution in [3.63, 3.8) is 0 Å². The summed E-state index contributed by atoms with van der Waals surface area (Å²) in [7, 11) is 3.59. The van der Waals surface area contributed by atoms with Gasteiger partial charge in [-0.1, -0.05) is 23.7 Å². The molecule has 25 heavy (non-hydrogen) atoms. The zero-order valence-corrected chi connectivity index (χ0v) is 17.2. The van der Waals surface area contributed by atoms with Crippen LogP contribution in [-0.2, 0) is 17.9 Å². The normalized spacial score (nSPS) is 10.8. The number of aliphatic imine (C=N–C) groups is 1. The fraction of sp³-hybridized carbons (Fsp3) is 0.294. The van der Waals surface area contributed by atoms with Crippen molar-refractivity contribution in [2.24, 2.45) is 4.99 Å². The van der Waals surface area contributed by atoms with E-state index in [0.717, 1.165) is 5.56 Å². The van der Waals surface area contributed by atoms with Crippen LogP contribution in [0.1, 0.15) is 11.3 Å². The maximum absolute atomic E-state index is 11.9. The molecule has 0 bridgehead atoms. The number of nitrogens with one attached hydrogen (secondary N) is 2. The van der Waals surface area contributed by atoms with Crippen molar-refractivity contribution in [2.75, 3.05) is 20.6 Å². The van der Waals surface area contributed by atoms with E-state index in [0.29, 0.717) is 29.8 Å². The van der Waals surface area contributed by atoms with Gasteiger partial charge in [0.25, 0.3) is 0 Å². The fourth-order valence-corrected chi connectivity index (χ4v) is 2.27. The summed E-state index contributed by atoms with van der Waals surface area (Å²) < 4.78 is 5.17. The largest absolute Gasteiger partial charge is 0.467 e. The molecule has 1 amide bonds. The molecule has 2 N–H and O–H groups in total. The van der Waals surface area contributed by atoms with Gasteiger partial charge in [-0.15, -0.1) is 24.0 Å². The molecule has 8 heteroatoms. The second-order valence-corrected chi connectivity index (χ2v) is 5.68. The van der Waals surface area contributed by atoms with Gasteiger partial charge >= 0.3 is 0 Å². The molecule has 2 rings (SSSR count). The van der Waals surface area contributed by atoms with Gasteiger partial charge in [0.1, 0.15) is 5.76 Å². The third-order valence-corrected chi connectivity index (χ3v) is 3.61. The number of guanidine groups is 1. The Bertz CT molecular complexity index is 674. The molecule has 1 aromatic heterocycles. The molecule has 0 saturated carbocycles. The number of carbonyl (C=O) groups excluding carboxylic acids is 1. The van der Waals surface area contributed by atoms with Gasteiger partial charge < -0.3 is 20.0 Å². The lowest BCUT2D eigenvalue weighted by molar-refractivity contribution is -0.120. The highest BCUT2D eigenvalue weighted by molar-refractivity contribution is 14.0. The van der Waals surface area contributed by atoms with E-state index >= 15 is 0 Å². The first kappa shape index (κ1) is 21.3. The quantitative estimate of drug-likeness (QED) is 0.382. The minimum Gasteiger partial charge on any atom is -0.467 e. The summed E-state index contributed by atoms with van der Waals surface area (Å²) >= 11 is 5.89. The monoisotopic (exact) mass is 476 g/mol. The van der Waals surface area contributed by atoms with Crippen LogP contribution in [-0.4, -0.2) is 37.4 Å². The van der Waals surface area contributed by atoms with Crippen molar-refractivity contribution in [3.8, 4) is 0 Å². The first-order valence-corrected chi connectivity index (χ1v) is 7.91. The van der Waals surface area contributed by atoms with Gasteiger partial charge in [0, 0.05) is 25.7 Å². The predicted octanol–water partition coefficient (Wildman–Crippen LogP) is 2.87. The number of furan rings is 1. The lowest BCUT2D eigenvalue weighted by Gasteiger charge is -2.22. The summed E-state index contributed by atoms with van der Waals surface area (Å²) in [4.78, 5) is 18.0. The standard InChI is InChI=1S/C17H21ClN4O2.HI/c1-19-17(22(2)12-13-5-7-14(18)8-6-13)21-11-16(23)20-10-15-4-3-9-24-15;/h3-9H,10-12H2,1-2H3,(H,19,21)(H,20,23);1H. The van der Waals surface area contributed by atoms with Gasteiger partial charge in [-0.25, -0.2) is 0 Å². The summed E-state index contributed by atoms with van der Waals surface area (Å²) in [6.45, 7) is 1.16. The molecular weight excluding hydrogens is 455 g/mol. The van der Waals surface area contributed by atoms with Gasteiger partial charge in [-0.3, -0.25) is 9.79 Å². The van der Waals surface area contributed by atoms with Crippen molar-refractivity contribution in [2.45, 2.75) is 13.1 Å². The first-order valence-electron chi connectivity index (χ1n) is 7.54. The molecule has 0 unspecified atom stereocenters. The molecule has 0 aliphatic rings. The van der Waals surface area contributed by atoms with E-state index in [1.54, 1.807) is 19.4 Å². The van der Waals surface area contributed by atoms with Crippen molar-refractivity contribution in [1.82, 2.24) is 15.5 Å². The van der Waals surface area contributed by atoms with Gasteiger partial charge in [-0.2, -0.15) is 0 Å². The lowest BCUT2D eigenvalue weighted by Crippen LogP contribution is -2.43. The zero-order valence-electron chi connectivity index (χ0n) is 14.2. The molecule has 0 aliphatic carbocycles. The van der Waals surface area contributed by atoms with Crippen LogP contribution in [0.2, 0.25) is 5.02 Å². The van der Waals surface area contributed by atoms with Crippen molar-refractivity contribution in [1.29, 1.82) is 0 Å². The van der Waals surface area contributed by atoms with E-state index in [4.69, 9.17) is 16.0 Å². The maximum Gasteiger partial charge on any atom is 0.239 e. The number of halogens is 2. The second-order valence-electron chi connectivity index (χ2n) is 5.24. The Morgan fingerprint density at radius 2 is 1.96 bits per heavy atom. The molecule has 0 radical (unpaired) electrons. The number of carbonyl (C=O) groups is 1. The lowest BCUT2D eigenvalue weighted by atomic mass is 10.2. The van der Waals surface area contributed by atoms with Crippen LogP contribution in [0.5, 0.6) is 0 Å². The Labute approximate surface area is 169 Å². The molecule has 0 saturated heterocycles. The van der Waals surface area contributed by atoms with Crippen LogP contribution in [0, 0.1) is 0 Å². The molecule has 1 heterocycles. The highest BCUT2D eigenvalue weighted by atomic mass is 127. The number of benzene rings is 1. The summed E-state index contributed by atoms with van der Waals surface area (Å²) in [5, 5.41) is 6.52. The number of rotatable bonds is 6. The third kappa shape index (κ3) is 7.35. The van der Waals surface area contributed by atoms with E-state index in [-0.39, 0.29) is 36.4 Å². The van der Waals surface area contributed by atoms with Crippen molar-refractivity contribution < 1.29 is 9.21 Å². The fourth-order valence-electron chi connectivity index (χ4n) is 2.14. The van der Waals surface area contributed by atoms with Gasteiger partial charge in [0.2, 0.25) is 5.91 Å². The predicted molar refractivity (Wildman–Crippen MR) is 110 cm³/mol. The van der Waals surface area contributed by atoms with E-state index < -0.39 is 0 Å². The molecule has 2 aromatic rings. The van der Waals surface area contributed by atoms with Gasteiger partial charge in [0.05, 0.1) is 19.4 Å². The molecule has 1 aromatic carbocycles. The minimum atomic E-state index is -0.132. The van der Waals surface area contributed by atoms with Gasteiger partial charge in [0.15, 0.2) is 5.96 Å². The number of amides is 1. The topological polar surface area (TPSA) is 69.9 Å². The van der Waals surface area contributed by atoms with Crippen molar-refractivity contribution >= 4 is 47.4 Å². The number of hydrogen-bond donors (Lipinski definition) is 2. The van der Waals surface area contributed by atoms with Crippen molar-refractivity contribution in [3.05, 3.63) is 59.0 Å². The molecule has 6 nitrogen and oxygen atoms in total. The van der Waals surface area contributed by atoms with Crippen LogP contribution in [0.3, 0.4) is 0 Å². The molecule has 0 aliphatic heterocycles. The summed E-state index contributed by atoms with van der Waals surface area (Å²) in [5.74, 6) is 1.22. The summed E-state index contributed by atoms with van der Waals surface area (Å²) in [5.41, 5.74) is 1.10. The smallest absolute Gasteiger partial charge is 0.239 e. The SMILES string of the molecule is CN=C(NCC(=O)NCc1ccco1)N(C)Cc1ccc(Cl)cc1.I. The molecule has 0 atom stereocenters. The van der Waals surface area contributed by atoms with Crippen LogP contribution in [0.4, 0.5) is 0 Å². The maximum atomic E-state index is 11.9. The first-order chi connectivity index (χ1) is 11.6. The molecule has 0 fully saturated rings. The number of nitrogens with zero attached hydrogens (tertiary/aromatic N) is 2. The van der Waals surface area contributed by atoms with Crippen LogP contribution < -0.4 is 10.6 Å². The Morgan fingerprint density at radius 3 is 2.56 bits per heavy atom. The minimum absolute atomic E-state index is 0. The number of hydrogen-bond acceptors (Lipinski definition) is 3. The van der Waals surface area contributed by atoms with Crippen LogP contribution in [0.25, 0.3) is 0 Å². The van der Waals surface area contributed by atoms with Crippen LogP contribution >= 0.6 is 35.6 Å². The van der Waals surface area contributed by atoms with E-state index in [2.05, 4.69) is 15.6 Å². The molecule has 136 valence electrons. The Morgan fingerprint density at radius 1 is 1.24 bits per heavy atom. The molecule has 0 spiro atoms. The Hall–Kier alpha value is -1.74. The highest BCUT2D eigenvalue weighted by Crippen LogP contribution is 2.10. The Kier molecular flexibility index (Phi) is 9.36. The molecular formula is C17H22ClIN4O2. The zero-order chi connectivity index (χ0) is 17.4. The Balaban J connectivity index is 0.00000312. The van der Waals surface area contributed by atoms with E-state index in [1.165, 1.54) is 0 Å². The third-order valence-electron chi connectivity index (χ3n) is 3.35. The second kappa shape index (κ2) is 11.0. The summed E-state index contributed by atoms with van der Waals surface area (Å²) in [6.07, 6.45) is 1.58. The average Bonchev–Trinajstić information content (AvgIpc) is 3.09. The van der Waals surface area contributed by atoms with E-state index in [9.17, 15) is 4.79 Å². The summed E-state index contributed by atoms with van der Waals surface area (Å²) in [6, 6.07) is 11.2. The highest BCUT2D eigenvalue weighted by Gasteiger charge is 2.09. The van der Waals surface area contributed by atoms with Crippen LogP contribution in [0.15, 0.2) is 52.1 Å².